The lowest BCUT2D eigenvalue weighted by Crippen LogP contribution is -2.48. The molecule has 3 atom stereocenters. The summed E-state index contributed by atoms with van der Waals surface area (Å²) in [5.74, 6) is -0.770. The number of carbonyl (C=O) groups is 1. The summed E-state index contributed by atoms with van der Waals surface area (Å²) in [5, 5.41) is 20.3. The van der Waals surface area contributed by atoms with Gasteiger partial charge in [-0.25, -0.2) is 0 Å². The van der Waals surface area contributed by atoms with Gasteiger partial charge in [0.15, 0.2) is 0 Å². The fourth-order valence-corrected chi connectivity index (χ4v) is 4.26. The Labute approximate surface area is 107 Å². The van der Waals surface area contributed by atoms with Gasteiger partial charge in [-0.1, -0.05) is 19.3 Å². The summed E-state index contributed by atoms with van der Waals surface area (Å²) in [5.41, 5.74) is -1.60. The molecule has 0 spiro atoms. The Hall–Kier alpha value is -0.610. The monoisotopic (exact) mass is 254 g/mol. The maximum atomic E-state index is 11.7. The molecule has 2 N–H and O–H groups in total. The van der Waals surface area contributed by atoms with Gasteiger partial charge in [-0.05, 0) is 38.5 Å². The van der Waals surface area contributed by atoms with E-state index in [1.165, 1.54) is 0 Å². The molecule has 0 aromatic rings. The van der Waals surface area contributed by atoms with E-state index in [1.807, 2.05) is 0 Å². The molecule has 1 saturated carbocycles. The first-order chi connectivity index (χ1) is 8.54. The first-order valence-corrected chi connectivity index (χ1v) is 7.15. The number of hydrogen-bond donors (Lipinski definition) is 2. The molecule has 4 nitrogen and oxygen atoms in total. The average Bonchev–Trinajstić information content (AvgIpc) is 2.90. The Bertz CT molecular complexity index is 348. The van der Waals surface area contributed by atoms with Gasteiger partial charge in [-0.3, -0.25) is 4.79 Å². The van der Waals surface area contributed by atoms with Crippen LogP contribution >= 0.6 is 0 Å². The van der Waals surface area contributed by atoms with Crippen molar-refractivity contribution in [2.45, 2.75) is 75.6 Å². The summed E-state index contributed by atoms with van der Waals surface area (Å²) in [6.07, 6.45) is 7.42. The maximum absolute atomic E-state index is 11.7. The smallest absolute Gasteiger partial charge is 0.312 e. The average molecular weight is 254 g/mol. The molecule has 0 radical (unpaired) electrons. The summed E-state index contributed by atoms with van der Waals surface area (Å²) in [6.45, 7) is 0. The van der Waals surface area contributed by atoms with E-state index >= 15 is 0 Å². The number of hydrogen-bond acceptors (Lipinski definition) is 3. The largest absolute Gasteiger partial charge is 0.481 e. The summed E-state index contributed by atoms with van der Waals surface area (Å²) >= 11 is 0. The molecule has 2 heterocycles. The summed E-state index contributed by atoms with van der Waals surface area (Å²) < 4.78 is 5.74. The van der Waals surface area contributed by atoms with Crippen molar-refractivity contribution < 1.29 is 19.7 Å². The zero-order chi connectivity index (χ0) is 12.8. The lowest BCUT2D eigenvalue weighted by Gasteiger charge is -2.41. The highest BCUT2D eigenvalue weighted by atomic mass is 16.5. The molecule has 0 aromatic heterocycles. The van der Waals surface area contributed by atoms with Gasteiger partial charge in [-0.15, -0.1) is 0 Å². The number of carboxylic acids is 1. The number of aliphatic hydroxyl groups is 1. The molecule has 102 valence electrons. The molecular formula is C14H22O4. The molecule has 0 amide bonds. The van der Waals surface area contributed by atoms with Crippen molar-refractivity contribution in [3.8, 4) is 0 Å². The molecule has 1 aliphatic carbocycles. The van der Waals surface area contributed by atoms with E-state index in [0.717, 1.165) is 44.9 Å². The topological polar surface area (TPSA) is 66.8 Å². The van der Waals surface area contributed by atoms with Crippen molar-refractivity contribution in [2.75, 3.05) is 0 Å². The minimum Gasteiger partial charge on any atom is -0.481 e. The fraction of sp³-hybridized carbons (Fsp3) is 0.929. The number of rotatable bonds is 3. The van der Waals surface area contributed by atoms with Crippen LogP contribution in [-0.4, -0.2) is 34.0 Å². The van der Waals surface area contributed by atoms with Gasteiger partial charge in [-0.2, -0.15) is 0 Å². The Balaban J connectivity index is 1.81. The van der Waals surface area contributed by atoms with Crippen LogP contribution in [0.2, 0.25) is 0 Å². The Morgan fingerprint density at radius 1 is 1.22 bits per heavy atom. The molecule has 3 unspecified atom stereocenters. The lowest BCUT2D eigenvalue weighted by molar-refractivity contribution is -0.159. The third-order valence-corrected chi connectivity index (χ3v) is 5.17. The Kier molecular flexibility index (Phi) is 2.90. The zero-order valence-electron chi connectivity index (χ0n) is 10.7. The van der Waals surface area contributed by atoms with E-state index in [4.69, 9.17) is 4.74 Å². The summed E-state index contributed by atoms with van der Waals surface area (Å²) in [6, 6.07) is 0. The van der Waals surface area contributed by atoms with Crippen molar-refractivity contribution >= 4 is 5.97 Å². The van der Waals surface area contributed by atoms with Crippen LogP contribution in [0.1, 0.15) is 57.8 Å². The van der Waals surface area contributed by atoms with E-state index in [0.29, 0.717) is 12.8 Å². The SMILES string of the molecule is O=C(O)C1(CC2(O)CCCCC2)CC2CCC1O2. The molecule has 2 saturated heterocycles. The molecule has 4 heteroatoms. The molecule has 3 aliphatic rings. The van der Waals surface area contributed by atoms with Crippen LogP contribution in [0, 0.1) is 5.41 Å². The van der Waals surface area contributed by atoms with E-state index < -0.39 is 17.0 Å². The van der Waals surface area contributed by atoms with Crippen molar-refractivity contribution in [3.05, 3.63) is 0 Å². The van der Waals surface area contributed by atoms with Crippen LogP contribution < -0.4 is 0 Å². The van der Waals surface area contributed by atoms with Gasteiger partial charge in [0.1, 0.15) is 0 Å². The van der Waals surface area contributed by atoms with Crippen molar-refractivity contribution in [2.24, 2.45) is 5.41 Å². The maximum Gasteiger partial charge on any atom is 0.312 e. The highest BCUT2D eigenvalue weighted by molar-refractivity contribution is 5.76. The number of ether oxygens (including phenoxy) is 1. The molecule has 2 bridgehead atoms. The first kappa shape index (κ1) is 12.4. The Morgan fingerprint density at radius 3 is 2.44 bits per heavy atom. The van der Waals surface area contributed by atoms with E-state index in [-0.39, 0.29) is 12.2 Å². The van der Waals surface area contributed by atoms with E-state index in [1.54, 1.807) is 0 Å². The molecule has 3 fully saturated rings. The van der Waals surface area contributed by atoms with Gasteiger partial charge in [0.05, 0.1) is 23.2 Å². The second kappa shape index (κ2) is 4.20. The van der Waals surface area contributed by atoms with Gasteiger partial charge in [0.25, 0.3) is 0 Å². The van der Waals surface area contributed by atoms with Crippen LogP contribution in [0.4, 0.5) is 0 Å². The Morgan fingerprint density at radius 2 is 1.94 bits per heavy atom. The van der Waals surface area contributed by atoms with Gasteiger partial charge >= 0.3 is 5.97 Å². The zero-order valence-corrected chi connectivity index (χ0v) is 10.7. The summed E-state index contributed by atoms with van der Waals surface area (Å²) in [7, 11) is 0. The van der Waals surface area contributed by atoms with Gasteiger partial charge in [0, 0.05) is 0 Å². The van der Waals surface area contributed by atoms with Crippen molar-refractivity contribution in [3.63, 3.8) is 0 Å². The van der Waals surface area contributed by atoms with Crippen molar-refractivity contribution in [1.82, 2.24) is 0 Å². The van der Waals surface area contributed by atoms with Crippen LogP contribution in [-0.2, 0) is 9.53 Å². The highest BCUT2D eigenvalue weighted by Crippen LogP contribution is 2.53. The van der Waals surface area contributed by atoms with E-state index in [2.05, 4.69) is 0 Å². The van der Waals surface area contributed by atoms with Crippen LogP contribution in [0.15, 0.2) is 0 Å². The van der Waals surface area contributed by atoms with E-state index in [9.17, 15) is 15.0 Å². The molecule has 3 rings (SSSR count). The number of aliphatic carboxylic acids is 1. The second-order valence-corrected chi connectivity index (χ2v) is 6.45. The quantitative estimate of drug-likeness (QED) is 0.809. The third kappa shape index (κ3) is 1.86. The number of fused-ring (bicyclic) bond motifs is 2. The minimum atomic E-state index is -0.824. The normalized spacial score (nSPS) is 42.1. The molecule has 2 aliphatic heterocycles. The van der Waals surface area contributed by atoms with Crippen LogP contribution in [0.25, 0.3) is 0 Å². The minimum absolute atomic E-state index is 0.110. The number of carboxylic acid groups (broad SMARTS) is 1. The van der Waals surface area contributed by atoms with Crippen LogP contribution in [0.3, 0.4) is 0 Å². The van der Waals surface area contributed by atoms with Gasteiger partial charge < -0.3 is 14.9 Å². The molecular weight excluding hydrogens is 232 g/mol. The van der Waals surface area contributed by atoms with Crippen LogP contribution in [0.5, 0.6) is 0 Å². The lowest BCUT2D eigenvalue weighted by atomic mass is 9.65. The first-order valence-electron chi connectivity index (χ1n) is 7.15. The summed E-state index contributed by atoms with van der Waals surface area (Å²) in [4.78, 5) is 11.7. The predicted octanol–water partition coefficient (Wildman–Crippen LogP) is 2.09. The van der Waals surface area contributed by atoms with Gasteiger partial charge in [0.2, 0.25) is 0 Å². The molecule has 0 aromatic carbocycles. The van der Waals surface area contributed by atoms with Crippen molar-refractivity contribution in [1.29, 1.82) is 0 Å². The highest BCUT2D eigenvalue weighted by Gasteiger charge is 2.59. The third-order valence-electron chi connectivity index (χ3n) is 5.17. The predicted molar refractivity (Wildman–Crippen MR) is 65.2 cm³/mol. The molecule has 18 heavy (non-hydrogen) atoms. The fourth-order valence-electron chi connectivity index (χ4n) is 4.26. The standard InChI is InChI=1S/C14H22O4/c15-12(16)14(8-10-4-5-11(14)18-10)9-13(17)6-2-1-3-7-13/h10-11,17H,1-9H2,(H,15,16). The second-order valence-electron chi connectivity index (χ2n) is 6.45.